The van der Waals surface area contributed by atoms with E-state index in [1.54, 1.807) is 31.7 Å². The quantitative estimate of drug-likeness (QED) is 0.368. The zero-order valence-corrected chi connectivity index (χ0v) is 26.9. The molecule has 0 unspecified atom stereocenters. The van der Waals surface area contributed by atoms with Gasteiger partial charge in [-0.1, -0.05) is 17.7 Å². The Morgan fingerprint density at radius 2 is 1.70 bits per heavy atom. The van der Waals surface area contributed by atoms with Gasteiger partial charge in [0.25, 0.3) is 11.8 Å². The van der Waals surface area contributed by atoms with E-state index in [1.807, 2.05) is 4.90 Å². The molecule has 3 amide bonds. The van der Waals surface area contributed by atoms with Gasteiger partial charge in [0.2, 0.25) is 0 Å². The lowest BCUT2D eigenvalue weighted by molar-refractivity contribution is -0.138. The fourth-order valence-corrected chi connectivity index (χ4v) is 5.22. The van der Waals surface area contributed by atoms with Crippen molar-refractivity contribution in [2.24, 2.45) is 0 Å². The van der Waals surface area contributed by atoms with Crippen molar-refractivity contribution in [1.29, 1.82) is 0 Å². The summed E-state index contributed by atoms with van der Waals surface area (Å²) in [6.45, 7) is 6.24. The van der Waals surface area contributed by atoms with Gasteiger partial charge < -0.3 is 29.9 Å². The van der Waals surface area contributed by atoms with Crippen LogP contribution in [0.2, 0.25) is 5.02 Å². The molecule has 16 heteroatoms. The van der Waals surface area contributed by atoms with Crippen molar-refractivity contribution in [2.45, 2.75) is 51.6 Å². The first-order valence-corrected chi connectivity index (χ1v) is 15.4. The van der Waals surface area contributed by atoms with Crippen LogP contribution in [-0.2, 0) is 20.8 Å². The Morgan fingerprint density at radius 1 is 1.00 bits per heavy atom. The summed E-state index contributed by atoms with van der Waals surface area (Å²) in [5.74, 6) is -4.34. The molecule has 0 radical (unpaired) electrons. The summed E-state index contributed by atoms with van der Waals surface area (Å²) >= 11 is 6.18. The molecule has 4 rings (SSSR count). The lowest BCUT2D eigenvalue weighted by Gasteiger charge is -2.37. The zero-order valence-electron chi connectivity index (χ0n) is 26.2. The second-order valence-corrected chi connectivity index (χ2v) is 12.6. The summed E-state index contributed by atoms with van der Waals surface area (Å²) in [6.07, 6.45) is -6.82. The fraction of sp³-hybridized carbons (Fsp3) is 0.516. The number of morpholine rings is 1. The van der Waals surface area contributed by atoms with E-state index < -0.39 is 66.0 Å². The maximum absolute atomic E-state index is 15.1. The van der Waals surface area contributed by atoms with Crippen molar-refractivity contribution >= 4 is 40.9 Å². The van der Waals surface area contributed by atoms with Crippen molar-refractivity contribution < 1.29 is 45.8 Å². The number of alkyl halides is 3. The summed E-state index contributed by atoms with van der Waals surface area (Å²) in [5.41, 5.74) is -0.791. The van der Waals surface area contributed by atoms with E-state index in [2.05, 4.69) is 10.6 Å². The molecule has 0 bridgehead atoms. The number of hydrogen-bond donors (Lipinski definition) is 2. The van der Waals surface area contributed by atoms with Crippen LogP contribution in [0.5, 0.6) is 0 Å². The van der Waals surface area contributed by atoms with Gasteiger partial charge in [0, 0.05) is 56.4 Å². The van der Waals surface area contributed by atoms with Crippen LogP contribution in [0.1, 0.15) is 43.1 Å². The smallest absolute Gasteiger partial charge is 0.410 e. The van der Waals surface area contributed by atoms with Gasteiger partial charge in [-0.3, -0.25) is 14.5 Å². The molecule has 2 fully saturated rings. The van der Waals surface area contributed by atoms with Crippen molar-refractivity contribution in [1.82, 2.24) is 15.1 Å². The molecule has 2 N–H and O–H groups in total. The van der Waals surface area contributed by atoms with Crippen LogP contribution >= 0.6 is 11.6 Å². The predicted octanol–water partition coefficient (Wildman–Crippen LogP) is 5.20. The van der Waals surface area contributed by atoms with E-state index in [1.165, 1.54) is 23.1 Å². The molecule has 0 aliphatic carbocycles. The van der Waals surface area contributed by atoms with E-state index >= 15 is 8.78 Å². The van der Waals surface area contributed by atoms with Crippen molar-refractivity contribution in [3.8, 4) is 0 Å². The van der Waals surface area contributed by atoms with Gasteiger partial charge in [0.15, 0.2) is 17.7 Å². The highest BCUT2D eigenvalue weighted by Gasteiger charge is 2.32. The Kier molecular flexibility index (Phi) is 11.6. The number of ether oxygens (including phenoxy) is 2. The van der Waals surface area contributed by atoms with E-state index in [0.717, 1.165) is 6.07 Å². The number of nitrogens with one attached hydrogen (secondary N) is 2. The summed E-state index contributed by atoms with van der Waals surface area (Å²) in [7, 11) is 0. The maximum atomic E-state index is 15.1. The third-order valence-electron chi connectivity index (χ3n) is 7.50. The molecule has 0 saturated carbocycles. The summed E-state index contributed by atoms with van der Waals surface area (Å²) in [4.78, 5) is 43.0. The Hall–Kier alpha value is -3.69. The largest absolute Gasteiger partial charge is 0.444 e. The molecule has 2 aromatic rings. The predicted molar refractivity (Wildman–Crippen MR) is 164 cm³/mol. The van der Waals surface area contributed by atoms with E-state index in [0.29, 0.717) is 36.9 Å². The molecule has 47 heavy (non-hydrogen) atoms. The molecule has 258 valence electrons. The lowest BCUT2D eigenvalue weighted by atomic mass is 10.1. The number of carbonyl (C=O) groups is 3. The van der Waals surface area contributed by atoms with Gasteiger partial charge in [0.05, 0.1) is 36.5 Å². The van der Waals surface area contributed by atoms with Gasteiger partial charge in [0.1, 0.15) is 5.60 Å². The van der Waals surface area contributed by atoms with Crippen molar-refractivity contribution in [2.75, 3.05) is 62.6 Å². The molecule has 0 spiro atoms. The molecule has 10 nitrogen and oxygen atoms in total. The van der Waals surface area contributed by atoms with Crippen LogP contribution in [0.3, 0.4) is 0 Å². The number of halogens is 6. The number of anilines is 2. The number of nitrogens with zero attached hydrogens (tertiary/aromatic N) is 3. The highest BCUT2D eigenvalue weighted by atomic mass is 35.5. The second kappa shape index (κ2) is 15.0. The average Bonchev–Trinajstić information content (AvgIpc) is 3.00. The Balaban J connectivity index is 1.37. The summed E-state index contributed by atoms with van der Waals surface area (Å²) < 4.78 is 78.9. The normalized spacial score (nSPS) is 17.8. The van der Waals surface area contributed by atoms with Crippen LogP contribution < -0.4 is 15.5 Å². The average molecular weight is 690 g/mol. The SMILES string of the molecule is CC(C)(C)OC(=O)N1CCO[C@@H](C(=O)NCc2ccc(C(=O)Nc3ccc(Cl)cc3N3CCN(CCC(F)(F)F)CC3)c(F)c2F)C1. The van der Waals surface area contributed by atoms with Crippen molar-refractivity contribution in [3.63, 3.8) is 0 Å². The number of rotatable bonds is 8. The minimum atomic E-state index is -4.25. The first-order valence-electron chi connectivity index (χ1n) is 15.0. The molecule has 2 aliphatic rings. The molecule has 1 atom stereocenters. The molecular weight excluding hydrogens is 653 g/mol. The molecule has 2 aliphatic heterocycles. The monoisotopic (exact) mass is 689 g/mol. The third-order valence-corrected chi connectivity index (χ3v) is 7.74. The highest BCUT2D eigenvalue weighted by Crippen LogP contribution is 2.31. The number of benzene rings is 2. The minimum absolute atomic E-state index is 0.0810. The second-order valence-electron chi connectivity index (χ2n) is 12.2. The fourth-order valence-electron chi connectivity index (χ4n) is 5.06. The van der Waals surface area contributed by atoms with Gasteiger partial charge >= 0.3 is 12.3 Å². The van der Waals surface area contributed by atoms with Crippen LogP contribution in [0.4, 0.5) is 38.1 Å². The Morgan fingerprint density at radius 3 is 2.36 bits per heavy atom. The van der Waals surface area contributed by atoms with Gasteiger partial charge in [-0.15, -0.1) is 0 Å². The van der Waals surface area contributed by atoms with Gasteiger partial charge in [-0.05, 0) is 45.0 Å². The standard InChI is InChI=1S/C31H37ClF5N5O5/c1-30(2,3)47-29(45)42-14-15-46-24(18-42)28(44)38-17-19-4-6-21(26(34)25(19)33)27(43)39-22-7-5-20(32)16-23(22)41-12-10-40(11-13-41)9-8-31(35,36)37/h4-7,16,24H,8-15,17-18H2,1-3H3,(H,38,44)(H,39,43)/t24-/m1/s1. The highest BCUT2D eigenvalue weighted by molar-refractivity contribution is 6.31. The minimum Gasteiger partial charge on any atom is -0.444 e. The summed E-state index contributed by atoms with van der Waals surface area (Å²) in [5, 5.41) is 5.40. The first-order chi connectivity index (χ1) is 22.0. The Bertz CT molecular complexity index is 1460. The van der Waals surface area contributed by atoms with Crippen LogP contribution in [0, 0.1) is 11.6 Å². The topological polar surface area (TPSA) is 103 Å². The van der Waals surface area contributed by atoms with Crippen LogP contribution in [0.25, 0.3) is 0 Å². The van der Waals surface area contributed by atoms with Crippen LogP contribution in [0.15, 0.2) is 30.3 Å². The molecule has 0 aromatic heterocycles. The molecular formula is C31H37ClF5N5O5. The third kappa shape index (κ3) is 10.1. The van der Waals surface area contributed by atoms with E-state index in [-0.39, 0.29) is 37.5 Å². The molecule has 2 aromatic carbocycles. The lowest BCUT2D eigenvalue weighted by Crippen LogP contribution is -2.52. The molecule has 2 saturated heterocycles. The first kappa shape index (κ1) is 36.2. The van der Waals surface area contributed by atoms with Crippen LogP contribution in [-0.4, -0.2) is 98.0 Å². The molecule has 2 heterocycles. The summed E-state index contributed by atoms with van der Waals surface area (Å²) in [6, 6.07) is 6.84. The number of amides is 3. The van der Waals surface area contributed by atoms with E-state index in [4.69, 9.17) is 21.1 Å². The van der Waals surface area contributed by atoms with Gasteiger partial charge in [-0.25, -0.2) is 13.6 Å². The van der Waals surface area contributed by atoms with E-state index in [9.17, 15) is 27.6 Å². The Labute approximate surface area is 274 Å². The number of piperazine rings is 1. The van der Waals surface area contributed by atoms with Crippen molar-refractivity contribution in [3.05, 3.63) is 58.1 Å². The zero-order chi connectivity index (χ0) is 34.5. The van der Waals surface area contributed by atoms with Gasteiger partial charge in [-0.2, -0.15) is 13.2 Å². The number of carbonyl (C=O) groups excluding carboxylic acids is 3. The maximum Gasteiger partial charge on any atom is 0.410 e. The number of hydrogen-bond acceptors (Lipinski definition) is 7.